The molecule has 5 saturated heterocycles. The Morgan fingerprint density at radius 3 is 0.795 bits per heavy atom. The molecule has 5 aliphatic rings. The molecule has 256 valence electrons. The highest BCUT2D eigenvalue weighted by atomic mass is 28.5. The smallest absolute Gasteiger partial charge is 0.317 e. The van der Waals surface area contributed by atoms with E-state index in [1.165, 1.54) is 0 Å². The summed E-state index contributed by atoms with van der Waals surface area (Å²) in [5.74, 6) is 0. The molecule has 5 rings (SSSR count). The molecule has 0 aromatic heterocycles. The zero-order valence-corrected chi connectivity index (χ0v) is 31.4. The third kappa shape index (κ3) is 13.9. The molecule has 5 fully saturated rings. The first-order valence-corrected chi connectivity index (χ1v) is 26.8. The average Bonchev–Trinajstić information content (AvgIpc) is 3.77. The van der Waals surface area contributed by atoms with Gasteiger partial charge in [0.2, 0.25) is 0 Å². The molecule has 0 bridgehead atoms. The lowest BCUT2D eigenvalue weighted by Crippen LogP contribution is -2.67. The van der Waals surface area contributed by atoms with Crippen LogP contribution in [0.1, 0.15) is 25.7 Å². The molecule has 0 N–H and O–H groups in total. The average molecular weight is 697 g/mol. The van der Waals surface area contributed by atoms with Crippen LogP contribution in [-0.2, 0) is 54.4 Å². The summed E-state index contributed by atoms with van der Waals surface area (Å²) < 4.78 is 73.7. The van der Waals surface area contributed by atoms with Gasteiger partial charge >= 0.3 is 34.2 Å². The number of ether oxygens (including phenoxy) is 8. The Morgan fingerprint density at radius 1 is 0.409 bits per heavy atom. The van der Waals surface area contributed by atoms with Crippen molar-refractivity contribution in [2.45, 2.75) is 100 Å². The van der Waals surface area contributed by atoms with Crippen molar-refractivity contribution in [1.29, 1.82) is 0 Å². The number of rotatable bonds is 24. The van der Waals surface area contributed by atoms with Crippen LogP contribution in [0, 0.1) is 0 Å². The number of hydrogen-bond donors (Lipinski definition) is 0. The minimum Gasteiger partial charge on any atom is -0.416 e. The third-order valence-corrected chi connectivity index (χ3v) is 27.1. The zero-order valence-electron chi connectivity index (χ0n) is 27.4. The lowest BCUT2D eigenvalue weighted by atomic mass is 10.5. The van der Waals surface area contributed by atoms with Gasteiger partial charge in [0.25, 0.3) is 0 Å². The van der Waals surface area contributed by atoms with Crippen LogP contribution < -0.4 is 0 Å². The fraction of sp³-hybridized carbons (Fsp3) is 1.00. The van der Waals surface area contributed by atoms with E-state index in [4.69, 9.17) is 54.4 Å². The van der Waals surface area contributed by atoms with E-state index in [-0.39, 0.29) is 24.4 Å². The van der Waals surface area contributed by atoms with Crippen LogP contribution in [0.25, 0.3) is 0 Å². The molecule has 16 heteroatoms. The first-order valence-electron chi connectivity index (χ1n) is 16.7. The van der Waals surface area contributed by atoms with Crippen LogP contribution in [-0.4, -0.2) is 138 Å². The summed E-state index contributed by atoms with van der Waals surface area (Å²) in [6, 6.07) is 3.32. The molecular weight excluding hydrogens is 641 g/mol. The van der Waals surface area contributed by atoms with Gasteiger partial charge in [-0.2, -0.15) is 0 Å². The van der Waals surface area contributed by atoms with Gasteiger partial charge < -0.3 is 54.4 Å². The van der Waals surface area contributed by atoms with E-state index in [0.29, 0.717) is 52.9 Å². The van der Waals surface area contributed by atoms with E-state index in [1.807, 2.05) is 0 Å². The Kier molecular flexibility index (Phi) is 13.5. The quantitative estimate of drug-likeness (QED) is 0.0833. The standard InChI is InChI=1S/C28H56O12Si4/c1-41(13-5-9-29-17-25-21-33-25)37-42(2,14-6-10-30-18-26-22-34-26)39-44(4,16-8-12-32-20-28-24-36-28)40-43(3,38-41)15-7-11-31-19-27-23-35-27/h25-28H,5-24H2,1-4H3/t25-,26+,27+,28-,41?,42?,43?,44?. The van der Waals surface area contributed by atoms with Gasteiger partial charge in [-0.15, -0.1) is 0 Å². The maximum Gasteiger partial charge on any atom is 0.317 e. The summed E-state index contributed by atoms with van der Waals surface area (Å²) in [6.07, 6.45) is 4.55. The van der Waals surface area contributed by atoms with E-state index in [1.54, 1.807) is 0 Å². The van der Waals surface area contributed by atoms with Crippen LogP contribution in [0.15, 0.2) is 0 Å². The second-order valence-electron chi connectivity index (χ2n) is 13.5. The van der Waals surface area contributed by atoms with Gasteiger partial charge in [0.05, 0.1) is 52.9 Å². The molecule has 0 aromatic rings. The van der Waals surface area contributed by atoms with E-state index < -0.39 is 34.2 Å². The molecule has 0 spiro atoms. The highest BCUT2D eigenvalue weighted by Gasteiger charge is 2.56. The monoisotopic (exact) mass is 696 g/mol. The Morgan fingerprint density at radius 2 is 0.614 bits per heavy atom. The molecule has 0 aromatic carbocycles. The lowest BCUT2D eigenvalue weighted by Gasteiger charge is -2.50. The fourth-order valence-corrected chi connectivity index (χ4v) is 29.0. The highest BCUT2D eigenvalue weighted by molar-refractivity contribution is 6.93. The van der Waals surface area contributed by atoms with Gasteiger partial charge in [-0.3, -0.25) is 0 Å². The summed E-state index contributed by atoms with van der Waals surface area (Å²) in [5, 5.41) is 0. The van der Waals surface area contributed by atoms with Crippen molar-refractivity contribution in [2.75, 3.05) is 79.3 Å². The third-order valence-electron chi connectivity index (χ3n) is 8.23. The number of hydrogen-bond acceptors (Lipinski definition) is 12. The predicted octanol–water partition coefficient (Wildman–Crippen LogP) is 3.58. The maximum absolute atomic E-state index is 7.24. The summed E-state index contributed by atoms with van der Waals surface area (Å²) in [6.45, 7) is 17.3. The van der Waals surface area contributed by atoms with Crippen molar-refractivity contribution in [3.63, 3.8) is 0 Å². The molecule has 44 heavy (non-hydrogen) atoms. The normalized spacial score (nSPS) is 39.5. The fourth-order valence-electron chi connectivity index (χ4n) is 5.82. The van der Waals surface area contributed by atoms with Gasteiger partial charge in [-0.05, 0) is 76.0 Å². The van der Waals surface area contributed by atoms with Crippen LogP contribution in [0.2, 0.25) is 50.4 Å². The van der Waals surface area contributed by atoms with Crippen LogP contribution in [0.5, 0.6) is 0 Å². The van der Waals surface area contributed by atoms with Crippen molar-refractivity contribution in [3.05, 3.63) is 0 Å². The van der Waals surface area contributed by atoms with E-state index in [0.717, 1.165) is 76.3 Å². The van der Waals surface area contributed by atoms with Gasteiger partial charge in [-0.25, -0.2) is 0 Å². The second kappa shape index (κ2) is 16.7. The van der Waals surface area contributed by atoms with E-state index in [2.05, 4.69) is 26.2 Å². The van der Waals surface area contributed by atoms with Crippen molar-refractivity contribution in [1.82, 2.24) is 0 Å². The lowest BCUT2D eigenvalue weighted by molar-refractivity contribution is 0.111. The summed E-state index contributed by atoms with van der Waals surface area (Å²) in [7, 11) is -10.8. The minimum atomic E-state index is -2.69. The molecule has 0 saturated carbocycles. The molecule has 0 amide bonds. The van der Waals surface area contributed by atoms with Crippen molar-refractivity contribution >= 4 is 34.2 Å². The Bertz CT molecular complexity index is 714. The molecule has 5 heterocycles. The largest absolute Gasteiger partial charge is 0.416 e. The van der Waals surface area contributed by atoms with Crippen LogP contribution in [0.3, 0.4) is 0 Å². The van der Waals surface area contributed by atoms with Crippen molar-refractivity contribution in [2.24, 2.45) is 0 Å². The van der Waals surface area contributed by atoms with Gasteiger partial charge in [0, 0.05) is 26.4 Å². The molecular formula is C28H56O12Si4. The maximum atomic E-state index is 7.24. The topological polar surface area (TPSA) is 124 Å². The predicted molar refractivity (Wildman–Crippen MR) is 171 cm³/mol. The van der Waals surface area contributed by atoms with Gasteiger partial charge in [-0.1, -0.05) is 0 Å². The van der Waals surface area contributed by atoms with Crippen LogP contribution in [0.4, 0.5) is 0 Å². The summed E-state index contributed by atoms with van der Waals surface area (Å²) in [5.41, 5.74) is 0. The molecule has 0 aliphatic carbocycles. The first-order chi connectivity index (χ1) is 21.1. The Balaban J connectivity index is 1.22. The Hall–Kier alpha value is 0.388. The summed E-state index contributed by atoms with van der Waals surface area (Å²) in [4.78, 5) is 0. The first kappa shape index (κ1) is 35.7. The van der Waals surface area contributed by atoms with E-state index >= 15 is 0 Å². The van der Waals surface area contributed by atoms with Gasteiger partial charge in [0.15, 0.2) is 0 Å². The molecule has 0 radical (unpaired) electrons. The highest BCUT2D eigenvalue weighted by Crippen LogP contribution is 2.39. The molecule has 4 atom stereocenters. The Labute approximate surface area is 267 Å². The number of epoxide rings is 4. The SMILES string of the molecule is C[Si]1(CCCOC[C@@H]2CO2)O[Si](C)(CCCOC[C@H]2CO2)O[Si](C)(CCCOC[C@@H]2CO2)O[Si](C)(CCCOC[C@H]2CO2)O1. The molecule has 12 nitrogen and oxygen atoms in total. The summed E-state index contributed by atoms with van der Waals surface area (Å²) >= 11 is 0. The van der Waals surface area contributed by atoms with E-state index in [9.17, 15) is 0 Å². The molecule has 0 unspecified atom stereocenters. The second-order valence-corrected chi connectivity index (χ2v) is 27.8. The van der Waals surface area contributed by atoms with Crippen molar-refractivity contribution in [3.8, 4) is 0 Å². The minimum absolute atomic E-state index is 0.266. The molecule has 5 aliphatic heterocycles. The van der Waals surface area contributed by atoms with Crippen LogP contribution >= 0.6 is 0 Å². The van der Waals surface area contributed by atoms with Gasteiger partial charge in [0.1, 0.15) is 24.4 Å². The van der Waals surface area contributed by atoms with Crippen molar-refractivity contribution < 1.29 is 54.4 Å². The zero-order chi connectivity index (χ0) is 30.9.